The van der Waals surface area contributed by atoms with Crippen LogP contribution in [0.15, 0.2) is 0 Å². The molecule has 0 aliphatic carbocycles. The predicted molar refractivity (Wildman–Crippen MR) is 56.3 cm³/mol. The molecule has 0 aromatic rings. The standard InChI is InChI=1S/C10H18O8/c1-4-5(12)2-10(17,9(15)16)18-8(4)7(14)6(13)3-11/h4-8,11-14,17H,2-3H2,1H3,(H,15,16)/t4-,5?,6-,7-,8?,10-/m1/s1. The molecule has 1 heterocycles. The summed E-state index contributed by atoms with van der Waals surface area (Å²) in [6, 6.07) is 0. The van der Waals surface area contributed by atoms with Crippen LogP contribution in [0.25, 0.3) is 0 Å². The lowest BCUT2D eigenvalue weighted by atomic mass is 9.85. The van der Waals surface area contributed by atoms with E-state index >= 15 is 0 Å². The molecule has 6 atom stereocenters. The number of aliphatic hydroxyl groups is 5. The fraction of sp³-hybridized carbons (Fsp3) is 0.900. The molecule has 1 rings (SSSR count). The van der Waals surface area contributed by atoms with E-state index in [1.807, 2.05) is 0 Å². The molecule has 1 saturated heterocycles. The van der Waals surface area contributed by atoms with Crippen LogP contribution in [0.4, 0.5) is 0 Å². The van der Waals surface area contributed by atoms with Gasteiger partial charge < -0.3 is 35.4 Å². The second kappa shape index (κ2) is 5.47. The molecule has 1 fully saturated rings. The summed E-state index contributed by atoms with van der Waals surface area (Å²) in [4.78, 5) is 10.9. The Labute approximate surface area is 103 Å². The minimum atomic E-state index is -2.62. The molecule has 2 unspecified atom stereocenters. The molecule has 8 nitrogen and oxygen atoms in total. The maximum atomic E-state index is 10.9. The van der Waals surface area contributed by atoms with E-state index in [0.29, 0.717) is 0 Å². The number of aliphatic hydroxyl groups excluding tert-OH is 4. The first kappa shape index (κ1) is 15.3. The number of ether oxygens (including phenoxy) is 1. The van der Waals surface area contributed by atoms with E-state index in [1.165, 1.54) is 6.92 Å². The van der Waals surface area contributed by atoms with Crippen molar-refractivity contribution in [1.29, 1.82) is 0 Å². The van der Waals surface area contributed by atoms with E-state index in [-0.39, 0.29) is 0 Å². The Morgan fingerprint density at radius 1 is 1.50 bits per heavy atom. The van der Waals surface area contributed by atoms with Gasteiger partial charge in [0.25, 0.3) is 5.79 Å². The third kappa shape index (κ3) is 2.79. The highest BCUT2D eigenvalue weighted by molar-refractivity contribution is 5.75. The van der Waals surface area contributed by atoms with E-state index in [1.54, 1.807) is 0 Å². The maximum absolute atomic E-state index is 10.9. The molecule has 0 amide bonds. The van der Waals surface area contributed by atoms with Crippen molar-refractivity contribution >= 4 is 5.97 Å². The van der Waals surface area contributed by atoms with Gasteiger partial charge >= 0.3 is 5.97 Å². The smallest absolute Gasteiger partial charge is 0.364 e. The third-order valence-corrected chi connectivity index (χ3v) is 3.19. The van der Waals surface area contributed by atoms with Crippen LogP contribution < -0.4 is 0 Å². The van der Waals surface area contributed by atoms with Gasteiger partial charge in [0, 0.05) is 12.3 Å². The van der Waals surface area contributed by atoms with Gasteiger partial charge in [-0.1, -0.05) is 6.92 Å². The maximum Gasteiger partial charge on any atom is 0.364 e. The van der Waals surface area contributed by atoms with Crippen LogP contribution in [-0.4, -0.2) is 73.4 Å². The van der Waals surface area contributed by atoms with Crippen LogP contribution in [0.5, 0.6) is 0 Å². The lowest BCUT2D eigenvalue weighted by molar-refractivity contribution is -0.302. The van der Waals surface area contributed by atoms with Crippen molar-refractivity contribution in [1.82, 2.24) is 0 Å². The monoisotopic (exact) mass is 266 g/mol. The first-order valence-electron chi connectivity index (χ1n) is 5.51. The van der Waals surface area contributed by atoms with Crippen LogP contribution in [-0.2, 0) is 9.53 Å². The van der Waals surface area contributed by atoms with Crippen molar-refractivity contribution in [2.24, 2.45) is 5.92 Å². The van der Waals surface area contributed by atoms with Gasteiger partial charge in [0.05, 0.1) is 18.8 Å². The predicted octanol–water partition coefficient (Wildman–Crippen LogP) is -2.74. The quantitative estimate of drug-likeness (QED) is 0.321. The van der Waals surface area contributed by atoms with Crippen molar-refractivity contribution in [3.05, 3.63) is 0 Å². The summed E-state index contributed by atoms with van der Waals surface area (Å²) in [5.74, 6) is -5.02. The second-order valence-corrected chi connectivity index (χ2v) is 4.54. The van der Waals surface area contributed by atoms with Crippen LogP contribution >= 0.6 is 0 Å². The average molecular weight is 266 g/mol. The molecule has 0 saturated carbocycles. The summed E-state index contributed by atoms with van der Waals surface area (Å²) in [6.07, 6.45) is -6.24. The minimum Gasteiger partial charge on any atom is -0.477 e. The number of carbonyl (C=O) groups is 1. The van der Waals surface area contributed by atoms with Crippen LogP contribution in [0, 0.1) is 5.92 Å². The lowest BCUT2D eigenvalue weighted by Crippen LogP contribution is -2.60. The summed E-state index contributed by atoms with van der Waals surface area (Å²) in [5, 5.41) is 55.9. The fourth-order valence-electron chi connectivity index (χ4n) is 1.91. The number of aliphatic carboxylic acids is 1. The molecule has 1 aliphatic heterocycles. The largest absolute Gasteiger partial charge is 0.477 e. The number of hydrogen-bond donors (Lipinski definition) is 6. The number of carboxylic acids is 1. The summed E-state index contributed by atoms with van der Waals surface area (Å²) in [7, 11) is 0. The van der Waals surface area contributed by atoms with E-state index in [4.69, 9.17) is 14.9 Å². The van der Waals surface area contributed by atoms with Crippen molar-refractivity contribution < 1.29 is 40.2 Å². The fourth-order valence-corrected chi connectivity index (χ4v) is 1.91. The highest BCUT2D eigenvalue weighted by Gasteiger charge is 2.51. The molecule has 0 aromatic heterocycles. The zero-order valence-corrected chi connectivity index (χ0v) is 9.80. The molecular formula is C10H18O8. The highest BCUT2D eigenvalue weighted by atomic mass is 16.7. The molecule has 6 N–H and O–H groups in total. The van der Waals surface area contributed by atoms with Crippen LogP contribution in [0.3, 0.4) is 0 Å². The topological polar surface area (TPSA) is 148 Å². The Balaban J connectivity index is 2.92. The molecule has 0 radical (unpaired) electrons. The first-order chi connectivity index (χ1) is 8.23. The van der Waals surface area contributed by atoms with E-state index < -0.39 is 55.1 Å². The first-order valence-corrected chi connectivity index (χ1v) is 5.51. The van der Waals surface area contributed by atoms with Gasteiger partial charge in [-0.25, -0.2) is 4.79 Å². The Morgan fingerprint density at radius 3 is 2.50 bits per heavy atom. The third-order valence-electron chi connectivity index (χ3n) is 3.19. The molecule has 8 heteroatoms. The van der Waals surface area contributed by atoms with Gasteiger partial charge in [-0.3, -0.25) is 0 Å². The Kier molecular flexibility index (Phi) is 4.65. The van der Waals surface area contributed by atoms with E-state index in [2.05, 4.69) is 0 Å². The minimum absolute atomic E-state index is 0.540. The zero-order valence-electron chi connectivity index (χ0n) is 9.80. The molecule has 0 aromatic carbocycles. The number of hydrogen-bond acceptors (Lipinski definition) is 7. The molecule has 106 valence electrons. The van der Waals surface area contributed by atoms with Crippen molar-refractivity contribution in [2.45, 2.75) is 43.5 Å². The number of carboxylic acid groups (broad SMARTS) is 1. The Hall–Kier alpha value is -0.770. The second-order valence-electron chi connectivity index (χ2n) is 4.54. The highest BCUT2D eigenvalue weighted by Crippen LogP contribution is 2.33. The Bertz CT molecular complexity index is 308. The molecule has 1 aliphatic rings. The van der Waals surface area contributed by atoms with Crippen LogP contribution in [0.2, 0.25) is 0 Å². The summed E-state index contributed by atoms with van der Waals surface area (Å²) >= 11 is 0. The van der Waals surface area contributed by atoms with Gasteiger partial charge in [0.1, 0.15) is 12.2 Å². The molecular weight excluding hydrogens is 248 g/mol. The molecule has 0 bridgehead atoms. The van der Waals surface area contributed by atoms with Crippen molar-refractivity contribution in [2.75, 3.05) is 6.61 Å². The van der Waals surface area contributed by atoms with Crippen molar-refractivity contribution in [3.63, 3.8) is 0 Å². The lowest BCUT2D eigenvalue weighted by Gasteiger charge is -2.43. The van der Waals surface area contributed by atoms with Gasteiger partial charge in [-0.2, -0.15) is 0 Å². The molecule has 18 heavy (non-hydrogen) atoms. The SMILES string of the molecule is C[C@@H]1C(O)C[C@](O)(C(=O)O)OC1[C@H](O)[C@H](O)CO. The van der Waals surface area contributed by atoms with Gasteiger partial charge in [-0.15, -0.1) is 0 Å². The average Bonchev–Trinajstić information content (AvgIpc) is 2.31. The molecule has 0 spiro atoms. The van der Waals surface area contributed by atoms with Gasteiger partial charge in [0.2, 0.25) is 0 Å². The zero-order chi connectivity index (χ0) is 14.1. The Morgan fingerprint density at radius 2 is 2.06 bits per heavy atom. The van der Waals surface area contributed by atoms with E-state index in [0.717, 1.165) is 0 Å². The summed E-state index contributed by atoms with van der Waals surface area (Å²) in [5.41, 5.74) is 0. The summed E-state index contributed by atoms with van der Waals surface area (Å²) in [6.45, 7) is 0.722. The van der Waals surface area contributed by atoms with E-state index in [9.17, 15) is 25.2 Å². The van der Waals surface area contributed by atoms with Crippen LogP contribution in [0.1, 0.15) is 13.3 Å². The van der Waals surface area contributed by atoms with Crippen molar-refractivity contribution in [3.8, 4) is 0 Å². The summed E-state index contributed by atoms with van der Waals surface area (Å²) < 4.78 is 4.88. The number of rotatable bonds is 4. The van der Waals surface area contributed by atoms with Gasteiger partial charge in [-0.05, 0) is 0 Å². The van der Waals surface area contributed by atoms with Gasteiger partial charge in [0.15, 0.2) is 0 Å². The normalized spacial score (nSPS) is 40.2.